The second kappa shape index (κ2) is 6.18. The van der Waals surface area contributed by atoms with Crippen LogP contribution in [0.15, 0.2) is 33.9 Å². The summed E-state index contributed by atoms with van der Waals surface area (Å²) in [6.07, 6.45) is 0.717. The molecule has 0 aliphatic carbocycles. The maximum Gasteiger partial charge on any atom is 0.331 e. The molecule has 0 saturated heterocycles. The number of nitrogens with zero attached hydrogens (tertiary/aromatic N) is 1. The summed E-state index contributed by atoms with van der Waals surface area (Å²) in [5, 5.41) is 10.8. The summed E-state index contributed by atoms with van der Waals surface area (Å²) in [5.41, 5.74) is -0.704. The van der Waals surface area contributed by atoms with Crippen LogP contribution in [-0.2, 0) is 6.54 Å². The standard InChI is InChI=1S/C15H17ClN2O3/c1-9(2)6-7-18-14(20)12(13(19)17-15(18)21)10-4-3-5-11(16)8-10/h3-5,8-9,20H,6-7H2,1-2H3,(H,17,19,21). The second-order valence-corrected chi connectivity index (χ2v) is 5.74. The Hall–Kier alpha value is -2.01. The molecular formula is C15H17ClN2O3. The number of rotatable bonds is 4. The number of halogens is 1. The number of benzene rings is 1. The van der Waals surface area contributed by atoms with Gasteiger partial charge in [0.05, 0.1) is 0 Å². The fourth-order valence-corrected chi connectivity index (χ4v) is 2.25. The zero-order valence-electron chi connectivity index (χ0n) is 11.9. The molecule has 0 atom stereocenters. The number of aromatic nitrogens is 2. The second-order valence-electron chi connectivity index (χ2n) is 5.30. The average Bonchev–Trinajstić information content (AvgIpc) is 2.37. The summed E-state index contributed by atoms with van der Waals surface area (Å²) in [6.45, 7) is 4.38. The van der Waals surface area contributed by atoms with Gasteiger partial charge in [0.1, 0.15) is 5.56 Å². The topological polar surface area (TPSA) is 75.1 Å². The molecule has 0 spiro atoms. The molecule has 2 aromatic rings. The highest BCUT2D eigenvalue weighted by molar-refractivity contribution is 6.30. The fourth-order valence-electron chi connectivity index (χ4n) is 2.06. The molecule has 0 amide bonds. The van der Waals surface area contributed by atoms with Crippen LogP contribution in [0.5, 0.6) is 5.88 Å². The van der Waals surface area contributed by atoms with Crippen LogP contribution in [0, 0.1) is 5.92 Å². The number of hydrogen-bond donors (Lipinski definition) is 2. The van der Waals surface area contributed by atoms with Gasteiger partial charge in [0.2, 0.25) is 5.88 Å². The number of H-pyrrole nitrogens is 1. The summed E-state index contributed by atoms with van der Waals surface area (Å²) in [5.74, 6) is 0.0458. The Labute approximate surface area is 126 Å². The van der Waals surface area contributed by atoms with E-state index < -0.39 is 11.2 Å². The van der Waals surface area contributed by atoms with Crippen molar-refractivity contribution in [1.29, 1.82) is 0 Å². The van der Waals surface area contributed by atoms with E-state index in [0.717, 1.165) is 0 Å². The Balaban J connectivity index is 2.59. The van der Waals surface area contributed by atoms with Crippen LogP contribution in [0.3, 0.4) is 0 Å². The predicted molar refractivity (Wildman–Crippen MR) is 82.9 cm³/mol. The van der Waals surface area contributed by atoms with Crippen LogP contribution in [0.25, 0.3) is 11.1 Å². The summed E-state index contributed by atoms with van der Waals surface area (Å²) in [4.78, 5) is 26.1. The van der Waals surface area contributed by atoms with Gasteiger partial charge in [-0.25, -0.2) is 4.79 Å². The van der Waals surface area contributed by atoms with Gasteiger partial charge >= 0.3 is 5.69 Å². The monoisotopic (exact) mass is 308 g/mol. The molecular weight excluding hydrogens is 292 g/mol. The Morgan fingerprint density at radius 2 is 2.05 bits per heavy atom. The first-order chi connectivity index (χ1) is 9.90. The van der Waals surface area contributed by atoms with Gasteiger partial charge in [-0.15, -0.1) is 0 Å². The van der Waals surface area contributed by atoms with Crippen LogP contribution >= 0.6 is 11.6 Å². The maximum absolute atomic E-state index is 12.0. The largest absolute Gasteiger partial charge is 0.494 e. The van der Waals surface area contributed by atoms with Crippen LogP contribution in [0.4, 0.5) is 0 Å². The highest BCUT2D eigenvalue weighted by Crippen LogP contribution is 2.26. The zero-order valence-corrected chi connectivity index (χ0v) is 12.6. The predicted octanol–water partition coefficient (Wildman–Crippen LogP) is 2.61. The van der Waals surface area contributed by atoms with Crippen LogP contribution in [-0.4, -0.2) is 14.7 Å². The lowest BCUT2D eigenvalue weighted by Gasteiger charge is -2.12. The molecule has 1 aromatic carbocycles. The highest BCUT2D eigenvalue weighted by Gasteiger charge is 2.16. The summed E-state index contributed by atoms with van der Waals surface area (Å²) < 4.78 is 1.18. The van der Waals surface area contributed by atoms with Gasteiger partial charge in [-0.3, -0.25) is 14.3 Å². The van der Waals surface area contributed by atoms with E-state index in [1.54, 1.807) is 24.3 Å². The number of aromatic amines is 1. The van der Waals surface area contributed by atoms with Crippen molar-refractivity contribution in [3.8, 4) is 17.0 Å². The summed E-state index contributed by atoms with van der Waals surface area (Å²) in [6, 6.07) is 6.59. The van der Waals surface area contributed by atoms with Crippen molar-refractivity contribution in [1.82, 2.24) is 9.55 Å². The van der Waals surface area contributed by atoms with Crippen LogP contribution in [0.1, 0.15) is 20.3 Å². The van der Waals surface area contributed by atoms with Gasteiger partial charge in [0, 0.05) is 11.6 Å². The minimum absolute atomic E-state index is 0.0563. The van der Waals surface area contributed by atoms with Crippen LogP contribution in [0.2, 0.25) is 5.02 Å². The Kier molecular flexibility index (Phi) is 4.53. The van der Waals surface area contributed by atoms with E-state index in [0.29, 0.717) is 29.5 Å². The van der Waals surface area contributed by atoms with Crippen molar-refractivity contribution in [2.75, 3.05) is 0 Å². The van der Waals surface area contributed by atoms with E-state index in [4.69, 9.17) is 11.6 Å². The molecule has 0 unspecified atom stereocenters. The number of hydrogen-bond acceptors (Lipinski definition) is 3. The zero-order chi connectivity index (χ0) is 15.6. The van der Waals surface area contributed by atoms with Crippen LogP contribution < -0.4 is 11.2 Å². The van der Waals surface area contributed by atoms with Crippen molar-refractivity contribution in [3.63, 3.8) is 0 Å². The fraction of sp³-hybridized carbons (Fsp3) is 0.333. The molecule has 0 bridgehead atoms. The minimum atomic E-state index is -0.624. The van der Waals surface area contributed by atoms with E-state index in [2.05, 4.69) is 4.98 Å². The highest BCUT2D eigenvalue weighted by atomic mass is 35.5. The Morgan fingerprint density at radius 3 is 2.67 bits per heavy atom. The average molecular weight is 309 g/mol. The van der Waals surface area contributed by atoms with Gasteiger partial charge in [0.15, 0.2) is 0 Å². The van der Waals surface area contributed by atoms with E-state index in [9.17, 15) is 14.7 Å². The number of nitrogens with one attached hydrogen (secondary N) is 1. The van der Waals surface area contributed by atoms with Gasteiger partial charge in [0.25, 0.3) is 5.56 Å². The third-order valence-electron chi connectivity index (χ3n) is 3.22. The van der Waals surface area contributed by atoms with Gasteiger partial charge in [-0.05, 0) is 30.0 Å². The Bertz CT molecular complexity index is 762. The van der Waals surface area contributed by atoms with E-state index in [-0.39, 0.29) is 11.4 Å². The lowest BCUT2D eigenvalue weighted by molar-refractivity contribution is 0.386. The van der Waals surface area contributed by atoms with Crippen molar-refractivity contribution in [2.45, 2.75) is 26.8 Å². The molecule has 21 heavy (non-hydrogen) atoms. The van der Waals surface area contributed by atoms with Crippen molar-refractivity contribution in [3.05, 3.63) is 50.1 Å². The summed E-state index contributed by atoms with van der Waals surface area (Å²) in [7, 11) is 0. The lowest BCUT2D eigenvalue weighted by Crippen LogP contribution is -2.31. The van der Waals surface area contributed by atoms with Gasteiger partial charge < -0.3 is 5.11 Å². The van der Waals surface area contributed by atoms with Crippen molar-refractivity contribution in [2.24, 2.45) is 5.92 Å². The van der Waals surface area contributed by atoms with Gasteiger partial charge in [-0.2, -0.15) is 0 Å². The van der Waals surface area contributed by atoms with Crippen molar-refractivity contribution < 1.29 is 5.11 Å². The molecule has 0 fully saturated rings. The molecule has 112 valence electrons. The molecule has 6 heteroatoms. The first-order valence-electron chi connectivity index (χ1n) is 6.72. The first kappa shape index (κ1) is 15.4. The van der Waals surface area contributed by atoms with E-state index in [1.165, 1.54) is 4.57 Å². The normalized spacial score (nSPS) is 11.0. The molecule has 1 aromatic heterocycles. The number of aromatic hydroxyl groups is 1. The maximum atomic E-state index is 12.0. The third-order valence-corrected chi connectivity index (χ3v) is 3.45. The molecule has 5 nitrogen and oxygen atoms in total. The lowest BCUT2D eigenvalue weighted by atomic mass is 10.1. The minimum Gasteiger partial charge on any atom is -0.494 e. The van der Waals surface area contributed by atoms with Crippen molar-refractivity contribution >= 4 is 11.6 Å². The Morgan fingerprint density at radius 1 is 1.33 bits per heavy atom. The van der Waals surface area contributed by atoms with E-state index >= 15 is 0 Å². The summed E-state index contributed by atoms with van der Waals surface area (Å²) >= 11 is 5.91. The molecule has 1 heterocycles. The molecule has 2 rings (SSSR count). The molecule has 0 aliphatic rings. The van der Waals surface area contributed by atoms with Gasteiger partial charge in [-0.1, -0.05) is 37.6 Å². The molecule has 0 aliphatic heterocycles. The quantitative estimate of drug-likeness (QED) is 0.911. The molecule has 2 N–H and O–H groups in total. The first-order valence-corrected chi connectivity index (χ1v) is 7.10. The van der Waals surface area contributed by atoms with E-state index in [1.807, 2.05) is 13.8 Å². The molecule has 0 radical (unpaired) electrons. The molecule has 0 saturated carbocycles. The SMILES string of the molecule is CC(C)CCn1c(O)c(-c2cccc(Cl)c2)c(=O)[nH]c1=O. The third kappa shape index (κ3) is 3.36. The smallest absolute Gasteiger partial charge is 0.331 e.